The van der Waals surface area contributed by atoms with Crippen molar-refractivity contribution in [3.8, 4) is 5.75 Å². The highest BCUT2D eigenvalue weighted by atomic mass is 16.5. The number of hydrogen-bond acceptors (Lipinski definition) is 5. The summed E-state index contributed by atoms with van der Waals surface area (Å²) < 4.78 is 16.8. The summed E-state index contributed by atoms with van der Waals surface area (Å²) >= 11 is 0. The first-order valence-electron chi connectivity index (χ1n) is 10.6. The van der Waals surface area contributed by atoms with Crippen molar-refractivity contribution in [3.63, 3.8) is 0 Å². The zero-order chi connectivity index (χ0) is 20.0. The predicted molar refractivity (Wildman–Crippen MR) is 108 cm³/mol. The fourth-order valence-corrected chi connectivity index (χ4v) is 6.12. The second kappa shape index (κ2) is 7.17. The molecule has 1 amide bonds. The van der Waals surface area contributed by atoms with E-state index in [0.717, 1.165) is 17.8 Å². The highest BCUT2D eigenvalue weighted by molar-refractivity contribution is 5.96. The average Bonchev–Trinajstić information content (AvgIpc) is 2.69. The Morgan fingerprint density at radius 1 is 1.14 bits per heavy atom. The number of carbonyl (C=O) groups is 1. The van der Waals surface area contributed by atoms with Gasteiger partial charge in [-0.1, -0.05) is 0 Å². The third-order valence-electron chi connectivity index (χ3n) is 6.96. The van der Waals surface area contributed by atoms with E-state index < -0.39 is 11.5 Å². The summed E-state index contributed by atoms with van der Waals surface area (Å²) in [6.07, 6.45) is 7.64. The molecule has 6 rings (SSSR count). The van der Waals surface area contributed by atoms with E-state index in [1.165, 1.54) is 38.5 Å². The van der Waals surface area contributed by atoms with E-state index in [9.17, 15) is 9.59 Å². The Bertz CT molecular complexity index is 959. The summed E-state index contributed by atoms with van der Waals surface area (Å²) in [7, 11) is 1.57. The van der Waals surface area contributed by atoms with Gasteiger partial charge in [-0.15, -0.1) is 0 Å². The van der Waals surface area contributed by atoms with Crippen LogP contribution in [0.4, 0.5) is 0 Å². The summed E-state index contributed by atoms with van der Waals surface area (Å²) in [5.41, 5.74) is -0.182. The van der Waals surface area contributed by atoms with E-state index in [1.807, 2.05) is 0 Å². The molecule has 0 saturated heterocycles. The van der Waals surface area contributed by atoms with Crippen molar-refractivity contribution in [3.05, 3.63) is 40.2 Å². The molecule has 4 saturated carbocycles. The Labute approximate surface area is 169 Å². The first-order chi connectivity index (χ1) is 14.0. The fraction of sp³-hybridized carbons (Fsp3) is 0.565. The van der Waals surface area contributed by atoms with Crippen LogP contribution in [0.1, 0.15) is 48.9 Å². The molecule has 1 aromatic heterocycles. The number of hydrogen-bond donors (Lipinski definition) is 1. The summed E-state index contributed by atoms with van der Waals surface area (Å²) in [4.78, 5) is 24.7. The van der Waals surface area contributed by atoms with Gasteiger partial charge in [-0.25, -0.2) is 4.79 Å². The minimum atomic E-state index is -0.637. The Hall–Kier alpha value is -2.34. The lowest BCUT2D eigenvalue weighted by Crippen LogP contribution is -2.52. The maximum Gasteiger partial charge on any atom is 0.349 e. The van der Waals surface area contributed by atoms with Gasteiger partial charge in [0.05, 0.1) is 19.3 Å². The third-order valence-corrected chi connectivity index (χ3v) is 6.96. The Morgan fingerprint density at radius 3 is 2.48 bits per heavy atom. The van der Waals surface area contributed by atoms with Gasteiger partial charge in [0.2, 0.25) is 0 Å². The van der Waals surface area contributed by atoms with E-state index in [-0.39, 0.29) is 11.2 Å². The van der Waals surface area contributed by atoms with Gasteiger partial charge in [-0.05, 0) is 80.5 Å². The molecule has 4 aliphatic rings. The number of fused-ring (bicyclic) bond motifs is 1. The van der Waals surface area contributed by atoms with Crippen LogP contribution in [-0.4, -0.2) is 31.8 Å². The van der Waals surface area contributed by atoms with E-state index in [2.05, 4.69) is 5.32 Å². The number of carbonyl (C=O) groups excluding carboxylic acids is 1. The molecule has 0 spiro atoms. The predicted octanol–water partition coefficient (Wildman–Crippen LogP) is 3.52. The molecule has 0 unspecified atom stereocenters. The van der Waals surface area contributed by atoms with Crippen LogP contribution >= 0.6 is 0 Å². The topological polar surface area (TPSA) is 77.8 Å². The lowest BCUT2D eigenvalue weighted by molar-refractivity contribution is -0.160. The van der Waals surface area contributed by atoms with Crippen molar-refractivity contribution < 1.29 is 18.7 Å². The van der Waals surface area contributed by atoms with E-state index >= 15 is 0 Å². The molecule has 2 aromatic rings. The molecule has 1 N–H and O–H groups in total. The fourth-order valence-electron chi connectivity index (χ4n) is 6.12. The molecule has 4 bridgehead atoms. The number of amides is 1. The van der Waals surface area contributed by atoms with E-state index in [1.54, 1.807) is 31.4 Å². The Balaban J connectivity index is 1.21. The van der Waals surface area contributed by atoms with Crippen LogP contribution in [-0.2, 0) is 4.74 Å². The SMILES string of the molecule is COc1ccc2oc(=O)c(C(=O)NCCOC34CC5CC(CC(C5)C3)C4)cc2c1. The Morgan fingerprint density at radius 2 is 1.83 bits per heavy atom. The van der Waals surface area contributed by atoms with Gasteiger partial charge < -0.3 is 19.2 Å². The highest BCUT2D eigenvalue weighted by Gasteiger charge is 2.51. The lowest BCUT2D eigenvalue weighted by Gasteiger charge is -2.56. The minimum absolute atomic E-state index is 0.000516. The number of nitrogens with one attached hydrogen (secondary N) is 1. The van der Waals surface area contributed by atoms with Crippen molar-refractivity contribution in [2.45, 2.75) is 44.1 Å². The van der Waals surface area contributed by atoms with Gasteiger partial charge >= 0.3 is 5.63 Å². The third kappa shape index (κ3) is 3.54. The second-order valence-corrected chi connectivity index (χ2v) is 9.06. The standard InChI is InChI=1S/C23H27NO5/c1-27-18-2-3-20-17(9-18)10-19(22(26)29-20)21(25)24-4-5-28-23-11-14-6-15(12-23)8-16(7-14)13-23/h2-3,9-10,14-16H,4-8,11-13H2,1H3,(H,24,25). The monoisotopic (exact) mass is 397 g/mol. The quantitative estimate of drug-likeness (QED) is 0.596. The minimum Gasteiger partial charge on any atom is -0.497 e. The zero-order valence-electron chi connectivity index (χ0n) is 16.7. The lowest BCUT2D eigenvalue weighted by atomic mass is 9.54. The van der Waals surface area contributed by atoms with Crippen LogP contribution in [0.25, 0.3) is 11.0 Å². The number of benzene rings is 1. The molecule has 4 fully saturated rings. The van der Waals surface area contributed by atoms with Gasteiger partial charge in [0.25, 0.3) is 5.91 Å². The van der Waals surface area contributed by atoms with Gasteiger partial charge in [0, 0.05) is 11.9 Å². The molecule has 1 heterocycles. The largest absolute Gasteiger partial charge is 0.497 e. The molecule has 4 aliphatic carbocycles. The van der Waals surface area contributed by atoms with Crippen LogP contribution in [0, 0.1) is 17.8 Å². The number of methoxy groups -OCH3 is 1. The number of ether oxygens (including phenoxy) is 2. The van der Waals surface area contributed by atoms with Crippen molar-refractivity contribution in [1.82, 2.24) is 5.32 Å². The van der Waals surface area contributed by atoms with E-state index in [4.69, 9.17) is 13.9 Å². The molecule has 29 heavy (non-hydrogen) atoms. The first kappa shape index (κ1) is 18.7. The Kier molecular flexibility index (Phi) is 4.62. The van der Waals surface area contributed by atoms with Crippen LogP contribution in [0.5, 0.6) is 5.75 Å². The maximum absolute atomic E-state index is 12.5. The van der Waals surface area contributed by atoms with Crippen molar-refractivity contribution in [2.75, 3.05) is 20.3 Å². The van der Waals surface area contributed by atoms with E-state index in [0.29, 0.717) is 29.9 Å². The van der Waals surface area contributed by atoms with Gasteiger partial charge in [0.1, 0.15) is 16.9 Å². The van der Waals surface area contributed by atoms with Gasteiger partial charge in [-0.3, -0.25) is 4.79 Å². The number of rotatable bonds is 6. The summed E-state index contributed by atoms with van der Waals surface area (Å²) in [5.74, 6) is 2.69. The van der Waals surface area contributed by atoms with Crippen LogP contribution < -0.4 is 15.7 Å². The normalized spacial score (nSPS) is 29.9. The summed E-state index contributed by atoms with van der Waals surface area (Å²) in [6, 6.07) is 6.67. The average molecular weight is 397 g/mol. The zero-order valence-corrected chi connectivity index (χ0v) is 16.7. The van der Waals surface area contributed by atoms with Gasteiger partial charge in [-0.2, -0.15) is 0 Å². The summed E-state index contributed by atoms with van der Waals surface area (Å²) in [6.45, 7) is 0.862. The second-order valence-electron chi connectivity index (χ2n) is 9.06. The molecule has 6 heteroatoms. The van der Waals surface area contributed by atoms with Crippen LogP contribution in [0.3, 0.4) is 0 Å². The molecule has 0 atom stereocenters. The van der Waals surface area contributed by atoms with Crippen molar-refractivity contribution in [2.24, 2.45) is 17.8 Å². The van der Waals surface area contributed by atoms with Crippen LogP contribution in [0.15, 0.2) is 33.5 Å². The van der Waals surface area contributed by atoms with Crippen molar-refractivity contribution in [1.29, 1.82) is 0 Å². The molecule has 154 valence electrons. The first-order valence-corrected chi connectivity index (χ1v) is 10.6. The summed E-state index contributed by atoms with van der Waals surface area (Å²) in [5, 5.41) is 3.46. The molecule has 0 aliphatic heterocycles. The maximum atomic E-state index is 12.5. The molecular weight excluding hydrogens is 370 g/mol. The molecular formula is C23H27NO5. The van der Waals surface area contributed by atoms with Crippen molar-refractivity contribution >= 4 is 16.9 Å². The van der Waals surface area contributed by atoms with Gasteiger partial charge in [0.15, 0.2) is 0 Å². The molecule has 1 aromatic carbocycles. The van der Waals surface area contributed by atoms with Crippen LogP contribution in [0.2, 0.25) is 0 Å². The highest BCUT2D eigenvalue weighted by Crippen LogP contribution is 2.57. The smallest absolute Gasteiger partial charge is 0.349 e. The molecule has 6 nitrogen and oxygen atoms in total. The molecule has 0 radical (unpaired) electrons.